The number of anilines is 1. The van der Waals surface area contributed by atoms with Gasteiger partial charge in [-0.1, -0.05) is 13.8 Å². The molecule has 5 heteroatoms. The number of carbonyl (C=O) groups is 2. The minimum absolute atomic E-state index is 0.148. The van der Waals surface area contributed by atoms with E-state index in [0.29, 0.717) is 24.3 Å². The fourth-order valence-corrected chi connectivity index (χ4v) is 1.98. The normalized spacial score (nSPS) is 9.76. The Kier molecular flexibility index (Phi) is 6.96. The molecular weight excluding hydrogens is 266 g/mol. The van der Waals surface area contributed by atoms with E-state index >= 15 is 0 Å². The third-order valence-electron chi connectivity index (χ3n) is 2.95. The molecule has 0 saturated carbocycles. The number of nitrogens with zero attached hydrogens (tertiary/aromatic N) is 2. The van der Waals surface area contributed by atoms with E-state index in [1.807, 2.05) is 19.9 Å². The van der Waals surface area contributed by atoms with Crippen molar-refractivity contribution in [1.82, 2.24) is 4.90 Å². The van der Waals surface area contributed by atoms with Crippen LogP contribution in [-0.4, -0.2) is 29.8 Å². The highest BCUT2D eigenvalue weighted by Gasteiger charge is 2.16. The topological polar surface area (TPSA) is 73.2 Å². The van der Waals surface area contributed by atoms with E-state index < -0.39 is 0 Å². The van der Waals surface area contributed by atoms with E-state index in [2.05, 4.69) is 5.32 Å². The molecule has 0 spiro atoms. The fraction of sp³-hybridized carbons (Fsp3) is 0.438. The fourth-order valence-electron chi connectivity index (χ4n) is 1.98. The minimum Gasteiger partial charge on any atom is -0.342 e. The quantitative estimate of drug-likeness (QED) is 0.783. The second-order valence-corrected chi connectivity index (χ2v) is 4.79. The first-order chi connectivity index (χ1) is 10.1. The highest BCUT2D eigenvalue weighted by Crippen LogP contribution is 2.09. The molecule has 0 atom stereocenters. The summed E-state index contributed by atoms with van der Waals surface area (Å²) in [5, 5.41) is 11.4. The Balaban J connectivity index is 2.55. The van der Waals surface area contributed by atoms with E-state index in [1.165, 1.54) is 0 Å². The highest BCUT2D eigenvalue weighted by atomic mass is 16.2. The molecule has 0 aliphatic rings. The van der Waals surface area contributed by atoms with Gasteiger partial charge in [-0.05, 0) is 37.1 Å². The number of amides is 2. The van der Waals surface area contributed by atoms with Gasteiger partial charge in [-0.2, -0.15) is 5.26 Å². The molecule has 0 bridgehead atoms. The van der Waals surface area contributed by atoms with Crippen molar-refractivity contribution in [2.75, 3.05) is 18.4 Å². The number of benzene rings is 1. The summed E-state index contributed by atoms with van der Waals surface area (Å²) >= 11 is 0. The Bertz CT molecular complexity index is 511. The van der Waals surface area contributed by atoms with Crippen LogP contribution in [0.25, 0.3) is 0 Å². The maximum Gasteiger partial charge on any atom is 0.233 e. The minimum atomic E-state index is -0.332. The molecule has 0 heterocycles. The van der Waals surface area contributed by atoms with E-state index in [0.717, 1.165) is 12.8 Å². The Morgan fingerprint density at radius 3 is 2.19 bits per heavy atom. The lowest BCUT2D eigenvalue weighted by Crippen LogP contribution is -2.35. The third-order valence-corrected chi connectivity index (χ3v) is 2.95. The van der Waals surface area contributed by atoms with Gasteiger partial charge in [0, 0.05) is 18.8 Å². The zero-order valence-corrected chi connectivity index (χ0v) is 12.6. The molecule has 5 nitrogen and oxygen atoms in total. The zero-order chi connectivity index (χ0) is 15.7. The predicted octanol–water partition coefficient (Wildman–Crippen LogP) is 2.54. The van der Waals surface area contributed by atoms with Crippen molar-refractivity contribution in [2.24, 2.45) is 0 Å². The van der Waals surface area contributed by atoms with Crippen molar-refractivity contribution >= 4 is 17.5 Å². The molecule has 21 heavy (non-hydrogen) atoms. The molecule has 2 amide bonds. The van der Waals surface area contributed by atoms with Crippen LogP contribution in [0.15, 0.2) is 24.3 Å². The second-order valence-electron chi connectivity index (χ2n) is 4.79. The summed E-state index contributed by atoms with van der Waals surface area (Å²) in [5.41, 5.74) is 1.12. The van der Waals surface area contributed by atoms with Crippen LogP contribution in [0.4, 0.5) is 5.69 Å². The SMILES string of the molecule is CCCN(CCC)C(=O)CC(=O)Nc1ccc(C#N)cc1. The zero-order valence-electron chi connectivity index (χ0n) is 12.6. The number of nitriles is 1. The van der Waals surface area contributed by atoms with E-state index in [1.54, 1.807) is 29.2 Å². The van der Waals surface area contributed by atoms with Crippen molar-refractivity contribution in [3.8, 4) is 6.07 Å². The molecule has 112 valence electrons. The summed E-state index contributed by atoms with van der Waals surface area (Å²) in [7, 11) is 0. The number of carbonyl (C=O) groups excluding carboxylic acids is 2. The van der Waals surface area contributed by atoms with Crippen LogP contribution in [0.1, 0.15) is 38.7 Å². The second kappa shape index (κ2) is 8.75. The molecule has 0 fully saturated rings. The first-order valence-electron chi connectivity index (χ1n) is 7.18. The largest absolute Gasteiger partial charge is 0.342 e. The van der Waals surface area contributed by atoms with Gasteiger partial charge < -0.3 is 10.2 Å². The molecule has 1 aromatic carbocycles. The summed E-state index contributed by atoms with van der Waals surface area (Å²) in [5.74, 6) is -0.480. The van der Waals surface area contributed by atoms with Crippen molar-refractivity contribution < 1.29 is 9.59 Å². The maximum absolute atomic E-state index is 12.0. The smallest absolute Gasteiger partial charge is 0.233 e. The number of nitrogens with one attached hydrogen (secondary N) is 1. The Hall–Kier alpha value is -2.35. The lowest BCUT2D eigenvalue weighted by atomic mass is 10.2. The van der Waals surface area contributed by atoms with Gasteiger partial charge in [0.2, 0.25) is 11.8 Å². The van der Waals surface area contributed by atoms with Crippen LogP contribution in [0, 0.1) is 11.3 Å². The van der Waals surface area contributed by atoms with Crippen molar-refractivity contribution in [3.05, 3.63) is 29.8 Å². The molecule has 1 rings (SSSR count). The molecular formula is C16H21N3O2. The van der Waals surface area contributed by atoms with Gasteiger partial charge in [-0.3, -0.25) is 9.59 Å². The van der Waals surface area contributed by atoms with Crippen LogP contribution in [0.2, 0.25) is 0 Å². The maximum atomic E-state index is 12.0. The highest BCUT2D eigenvalue weighted by molar-refractivity contribution is 6.03. The van der Waals surface area contributed by atoms with E-state index in [-0.39, 0.29) is 18.2 Å². The summed E-state index contributed by atoms with van der Waals surface area (Å²) in [6.07, 6.45) is 1.60. The molecule has 0 aliphatic carbocycles. The van der Waals surface area contributed by atoms with Crippen LogP contribution in [0.5, 0.6) is 0 Å². The van der Waals surface area contributed by atoms with Crippen molar-refractivity contribution in [2.45, 2.75) is 33.1 Å². The molecule has 0 saturated heterocycles. The lowest BCUT2D eigenvalue weighted by molar-refractivity contribution is -0.134. The van der Waals surface area contributed by atoms with Gasteiger partial charge in [0.05, 0.1) is 11.6 Å². The van der Waals surface area contributed by atoms with Gasteiger partial charge in [0.15, 0.2) is 0 Å². The molecule has 1 N–H and O–H groups in total. The van der Waals surface area contributed by atoms with Crippen LogP contribution >= 0.6 is 0 Å². The summed E-state index contributed by atoms with van der Waals surface area (Å²) in [4.78, 5) is 25.6. The number of rotatable bonds is 7. The predicted molar refractivity (Wildman–Crippen MR) is 81.6 cm³/mol. The Labute approximate surface area is 125 Å². The van der Waals surface area contributed by atoms with Gasteiger partial charge in [-0.25, -0.2) is 0 Å². The van der Waals surface area contributed by atoms with Gasteiger partial charge in [0.25, 0.3) is 0 Å². The Morgan fingerprint density at radius 2 is 1.71 bits per heavy atom. The number of hydrogen-bond donors (Lipinski definition) is 1. The first kappa shape index (κ1) is 16.7. The van der Waals surface area contributed by atoms with Gasteiger partial charge in [-0.15, -0.1) is 0 Å². The third kappa shape index (κ3) is 5.65. The summed E-state index contributed by atoms with van der Waals surface area (Å²) < 4.78 is 0. The van der Waals surface area contributed by atoms with Crippen molar-refractivity contribution in [3.63, 3.8) is 0 Å². The summed E-state index contributed by atoms with van der Waals surface area (Å²) in [6, 6.07) is 8.55. The molecule has 0 unspecified atom stereocenters. The number of hydrogen-bond acceptors (Lipinski definition) is 3. The summed E-state index contributed by atoms with van der Waals surface area (Å²) in [6.45, 7) is 5.37. The molecule has 0 aromatic heterocycles. The van der Waals surface area contributed by atoms with Gasteiger partial charge in [0.1, 0.15) is 6.42 Å². The first-order valence-corrected chi connectivity index (χ1v) is 7.18. The average molecular weight is 287 g/mol. The monoisotopic (exact) mass is 287 g/mol. The van der Waals surface area contributed by atoms with Crippen LogP contribution in [-0.2, 0) is 9.59 Å². The van der Waals surface area contributed by atoms with Crippen LogP contribution < -0.4 is 5.32 Å². The van der Waals surface area contributed by atoms with Crippen molar-refractivity contribution in [1.29, 1.82) is 5.26 Å². The molecule has 1 aromatic rings. The Morgan fingerprint density at radius 1 is 1.14 bits per heavy atom. The molecule has 0 radical (unpaired) electrons. The lowest BCUT2D eigenvalue weighted by Gasteiger charge is -2.21. The average Bonchev–Trinajstić information content (AvgIpc) is 2.47. The molecule has 0 aliphatic heterocycles. The standard InChI is InChI=1S/C16H21N3O2/c1-3-9-19(10-4-2)16(21)11-15(20)18-14-7-5-13(12-17)6-8-14/h5-8H,3-4,9-11H2,1-2H3,(H,18,20). The van der Waals surface area contributed by atoms with E-state index in [9.17, 15) is 9.59 Å². The van der Waals surface area contributed by atoms with Gasteiger partial charge >= 0.3 is 0 Å². The van der Waals surface area contributed by atoms with E-state index in [4.69, 9.17) is 5.26 Å². The van der Waals surface area contributed by atoms with Crippen LogP contribution in [0.3, 0.4) is 0 Å².